The predicted octanol–water partition coefficient (Wildman–Crippen LogP) is 15.0. The molecule has 1 heteroatoms. The molecule has 3 aliphatic carbocycles. The maximum absolute atomic E-state index is 4.30. The van der Waals surface area contributed by atoms with Crippen LogP contribution < -0.4 is 15.8 Å². The molecule has 0 bridgehead atoms. The third-order valence-corrected chi connectivity index (χ3v) is 12.5. The van der Waals surface area contributed by atoms with Gasteiger partial charge in [0.25, 0.3) is 0 Å². The van der Waals surface area contributed by atoms with Crippen molar-refractivity contribution < 1.29 is 0 Å². The minimum atomic E-state index is 0.332. The SMILES string of the molecule is C=C(NC(CCC)c1ccccc1)c1ccccc1.C=Cc1c(C)c2ccc(C3C=CCCC3)cc2c2c1=CCCC(C1C=CC=CC1c1ccccc1C(=C)C)C=2.CC. The Labute approximate surface area is 362 Å². The van der Waals surface area contributed by atoms with Gasteiger partial charge in [-0.1, -0.05) is 204 Å². The quantitative estimate of drug-likeness (QED) is 0.131. The first-order chi connectivity index (χ1) is 29.4. The van der Waals surface area contributed by atoms with Gasteiger partial charge in [-0.25, -0.2) is 0 Å². The first-order valence-electron chi connectivity index (χ1n) is 22.6. The fraction of sp³-hybridized carbons (Fsp3) is 0.288. The number of allylic oxidation sites excluding steroid dienone is 7. The molecule has 308 valence electrons. The number of fused-ring (bicyclic) bond motifs is 3. The molecule has 0 saturated heterocycles. The first-order valence-corrected chi connectivity index (χ1v) is 22.6. The van der Waals surface area contributed by atoms with Crippen LogP contribution in [0.2, 0.25) is 0 Å². The number of aryl methyl sites for hydroxylation is 1. The Morgan fingerprint density at radius 1 is 0.800 bits per heavy atom. The summed E-state index contributed by atoms with van der Waals surface area (Å²) in [5, 5.41) is 9.11. The fourth-order valence-electron chi connectivity index (χ4n) is 9.50. The molecule has 0 aromatic heterocycles. The van der Waals surface area contributed by atoms with Crippen LogP contribution in [0.3, 0.4) is 0 Å². The molecule has 0 spiro atoms. The van der Waals surface area contributed by atoms with Crippen LogP contribution in [-0.4, -0.2) is 0 Å². The third-order valence-electron chi connectivity index (χ3n) is 12.5. The molecular formula is C59H67N. The van der Waals surface area contributed by atoms with E-state index in [1.165, 1.54) is 73.9 Å². The summed E-state index contributed by atoms with van der Waals surface area (Å²) < 4.78 is 0. The second kappa shape index (κ2) is 21.6. The van der Waals surface area contributed by atoms with Gasteiger partial charge in [0.1, 0.15) is 0 Å². The molecule has 0 aliphatic heterocycles. The van der Waals surface area contributed by atoms with Gasteiger partial charge in [0, 0.05) is 17.5 Å². The Balaban J connectivity index is 0.000000241. The predicted molar refractivity (Wildman–Crippen MR) is 265 cm³/mol. The van der Waals surface area contributed by atoms with E-state index >= 15 is 0 Å². The molecule has 1 N–H and O–H groups in total. The lowest BCUT2D eigenvalue weighted by Crippen LogP contribution is -2.31. The van der Waals surface area contributed by atoms with Gasteiger partial charge in [-0.05, 0) is 130 Å². The standard InChI is InChI=1S/C39H40.C18H21N.C2H6/c1-5-31-27(4)33-23-22-29(28-14-7-6-8-15-28)24-38(33)39-25-30(16-13-21-35(31)39)34-18-10-12-20-37(34)36-19-11-9-17-32(36)26(2)3;1-3-10-18(17-13-8-5-9-14-17)19-15(2)16-11-6-4-7-12-16;1-2/h5,7,9-12,14,17-25,28,30,34,37H,1-2,6,8,13,15-16H2,3-4H3;4-9,11-14,18-19H,2-3,10H2,1H3;1-2H3. The zero-order valence-electron chi connectivity index (χ0n) is 37.0. The molecule has 0 saturated carbocycles. The van der Waals surface area contributed by atoms with Gasteiger partial charge >= 0.3 is 0 Å². The zero-order valence-corrected chi connectivity index (χ0v) is 37.0. The van der Waals surface area contributed by atoms with Crippen molar-refractivity contribution >= 4 is 40.3 Å². The van der Waals surface area contributed by atoms with E-state index in [4.69, 9.17) is 0 Å². The van der Waals surface area contributed by atoms with Crippen LogP contribution in [-0.2, 0) is 0 Å². The lowest BCUT2D eigenvalue weighted by Gasteiger charge is -2.31. The molecule has 3 aliphatic rings. The van der Waals surface area contributed by atoms with Gasteiger partial charge in [0.2, 0.25) is 0 Å². The molecule has 60 heavy (non-hydrogen) atoms. The largest absolute Gasteiger partial charge is 0.378 e. The smallest absolute Gasteiger partial charge is 0.0513 e. The third kappa shape index (κ3) is 10.2. The van der Waals surface area contributed by atoms with Crippen LogP contribution in [0.5, 0.6) is 0 Å². The molecule has 5 aromatic carbocycles. The normalized spacial score (nSPS) is 19.4. The van der Waals surface area contributed by atoms with E-state index in [2.05, 4.69) is 185 Å². The van der Waals surface area contributed by atoms with Crippen molar-refractivity contribution in [1.82, 2.24) is 5.32 Å². The highest BCUT2D eigenvalue weighted by Gasteiger charge is 2.29. The summed E-state index contributed by atoms with van der Waals surface area (Å²) in [5.41, 5.74) is 11.4. The molecule has 1 nitrogen and oxygen atoms in total. The van der Waals surface area contributed by atoms with Crippen LogP contribution in [0.1, 0.15) is 129 Å². The van der Waals surface area contributed by atoms with Crippen molar-refractivity contribution in [3.63, 3.8) is 0 Å². The summed E-state index contributed by atoms with van der Waals surface area (Å²) in [6, 6.07) is 37.3. The van der Waals surface area contributed by atoms with E-state index in [0.29, 0.717) is 29.7 Å². The van der Waals surface area contributed by atoms with E-state index < -0.39 is 0 Å². The van der Waals surface area contributed by atoms with Crippen molar-refractivity contribution in [2.24, 2.45) is 11.8 Å². The number of benzene rings is 5. The Morgan fingerprint density at radius 3 is 2.22 bits per heavy atom. The van der Waals surface area contributed by atoms with Gasteiger partial charge in [-0.2, -0.15) is 0 Å². The Hall–Kier alpha value is -5.66. The average Bonchev–Trinajstić information content (AvgIpc) is 3.54. The van der Waals surface area contributed by atoms with E-state index in [1.54, 1.807) is 0 Å². The molecule has 8 rings (SSSR count). The fourth-order valence-corrected chi connectivity index (χ4v) is 9.50. The Kier molecular flexibility index (Phi) is 15.8. The summed E-state index contributed by atoms with van der Waals surface area (Å²) in [5.74, 6) is 1.71. The Bertz CT molecular complexity index is 2460. The van der Waals surface area contributed by atoms with E-state index in [0.717, 1.165) is 42.5 Å². The molecular weight excluding hydrogens is 723 g/mol. The molecule has 5 aromatic rings. The highest BCUT2D eigenvalue weighted by Crippen LogP contribution is 2.41. The molecule has 0 heterocycles. The van der Waals surface area contributed by atoms with Crippen molar-refractivity contribution in [1.29, 1.82) is 0 Å². The van der Waals surface area contributed by atoms with Crippen LogP contribution >= 0.6 is 0 Å². The Morgan fingerprint density at radius 2 is 1.52 bits per heavy atom. The maximum atomic E-state index is 4.30. The highest BCUT2D eigenvalue weighted by atomic mass is 14.9. The zero-order chi connectivity index (χ0) is 42.4. The van der Waals surface area contributed by atoms with Crippen molar-refractivity contribution in [2.75, 3.05) is 0 Å². The van der Waals surface area contributed by atoms with Gasteiger partial charge < -0.3 is 5.32 Å². The second-order valence-corrected chi connectivity index (χ2v) is 16.4. The lowest BCUT2D eigenvalue weighted by atomic mass is 9.72. The lowest BCUT2D eigenvalue weighted by molar-refractivity contribution is 0.435. The minimum Gasteiger partial charge on any atom is -0.378 e. The minimum absolute atomic E-state index is 0.332. The van der Waals surface area contributed by atoms with Crippen molar-refractivity contribution in [3.8, 4) is 0 Å². The summed E-state index contributed by atoms with van der Waals surface area (Å²) in [6.07, 6.45) is 29.5. The van der Waals surface area contributed by atoms with Crippen molar-refractivity contribution in [3.05, 3.63) is 209 Å². The number of hydrogen-bond acceptors (Lipinski definition) is 1. The number of hydrogen-bond donors (Lipinski definition) is 1. The molecule has 0 fully saturated rings. The summed E-state index contributed by atoms with van der Waals surface area (Å²) >= 11 is 0. The van der Waals surface area contributed by atoms with Gasteiger partial charge in [0.15, 0.2) is 0 Å². The number of rotatable bonds is 11. The van der Waals surface area contributed by atoms with Crippen molar-refractivity contribution in [2.45, 2.75) is 97.4 Å². The van der Waals surface area contributed by atoms with Crippen LogP contribution in [0.25, 0.3) is 40.3 Å². The topological polar surface area (TPSA) is 12.0 Å². The van der Waals surface area contributed by atoms with Crippen LogP contribution in [0.4, 0.5) is 0 Å². The van der Waals surface area contributed by atoms with Crippen LogP contribution in [0.15, 0.2) is 159 Å². The summed E-state index contributed by atoms with van der Waals surface area (Å²) in [7, 11) is 0. The summed E-state index contributed by atoms with van der Waals surface area (Å²) in [4.78, 5) is 0. The van der Waals surface area contributed by atoms with E-state index in [9.17, 15) is 0 Å². The molecule has 5 unspecified atom stereocenters. The second-order valence-electron chi connectivity index (χ2n) is 16.4. The highest BCUT2D eigenvalue weighted by molar-refractivity contribution is 5.91. The van der Waals surface area contributed by atoms with E-state index in [1.807, 2.05) is 32.0 Å². The molecule has 0 radical (unpaired) electrons. The van der Waals surface area contributed by atoms with Crippen LogP contribution in [0, 0.1) is 18.8 Å². The van der Waals surface area contributed by atoms with Gasteiger partial charge in [0.05, 0.1) is 6.04 Å². The molecule has 5 atom stereocenters. The van der Waals surface area contributed by atoms with E-state index in [-0.39, 0.29) is 0 Å². The first kappa shape index (κ1) is 43.9. The van der Waals surface area contributed by atoms with Gasteiger partial charge in [-0.3, -0.25) is 0 Å². The molecule has 0 amide bonds. The number of nitrogens with one attached hydrogen (secondary N) is 1. The van der Waals surface area contributed by atoms with Gasteiger partial charge in [-0.15, -0.1) is 0 Å². The summed E-state index contributed by atoms with van der Waals surface area (Å²) in [6.45, 7) is 23.3. The monoisotopic (exact) mass is 790 g/mol. The maximum Gasteiger partial charge on any atom is 0.0513 e. The average molecular weight is 790 g/mol.